The van der Waals surface area contributed by atoms with E-state index in [1.807, 2.05) is 10.6 Å². The van der Waals surface area contributed by atoms with E-state index in [2.05, 4.69) is 11.4 Å². The first-order chi connectivity index (χ1) is 20.6. The average molecular weight is 580 g/mol. The molecule has 6 rings (SSSR count). The summed E-state index contributed by atoms with van der Waals surface area (Å²) >= 11 is 0. The van der Waals surface area contributed by atoms with E-state index >= 15 is 0 Å². The van der Waals surface area contributed by atoms with Gasteiger partial charge in [0.2, 0.25) is 0 Å². The van der Waals surface area contributed by atoms with Gasteiger partial charge in [0, 0.05) is 37.5 Å². The maximum atomic E-state index is 14.0. The molecular weight excluding hydrogens is 549 g/mol. The van der Waals surface area contributed by atoms with Crippen LogP contribution in [0.3, 0.4) is 0 Å². The maximum absolute atomic E-state index is 14.0. The number of carbonyl (C=O) groups excluding carboxylic acids is 2. The molecule has 0 bridgehead atoms. The standard InChI is InChI=1S/C33H30FN5O4/c1-33(19-35)12-5-14-39(33)32(42)27-18-24(20-7-9-22(34)10-8-20)29-23-17-25(28(43-3)16-21(23)11-15-38(27)29)30(40)36-26-6-4-13-37(2)31(26)41/h4,6-10,13,16-18H,5,11-12,14-15H2,1-3H3,(H,36,40)/t33-/m1/s1. The zero-order valence-electron chi connectivity index (χ0n) is 24.1. The molecule has 1 N–H and O–H groups in total. The van der Waals surface area contributed by atoms with Gasteiger partial charge in [0.1, 0.15) is 28.5 Å². The first kappa shape index (κ1) is 28.0. The normalized spacial score (nSPS) is 17.1. The third kappa shape index (κ3) is 4.67. The Morgan fingerprint density at radius 1 is 1.09 bits per heavy atom. The quantitative estimate of drug-likeness (QED) is 0.358. The number of aromatic nitrogens is 2. The SMILES string of the molecule is COc1cc2c(cc1C(=O)Nc1cccn(C)c1=O)-c1c(-c3ccc(F)cc3)cc(C(=O)N3CCC[C@]3(C)C#N)n1CC2. The lowest BCUT2D eigenvalue weighted by atomic mass is 9.91. The molecule has 1 saturated heterocycles. The van der Waals surface area contributed by atoms with E-state index in [1.54, 1.807) is 55.4 Å². The molecule has 0 spiro atoms. The Morgan fingerprint density at radius 3 is 2.58 bits per heavy atom. The maximum Gasteiger partial charge on any atom is 0.274 e. The molecule has 2 aliphatic rings. The molecule has 1 atom stereocenters. The third-order valence-electron chi connectivity index (χ3n) is 8.50. The van der Waals surface area contributed by atoms with Crippen molar-refractivity contribution in [2.24, 2.45) is 7.05 Å². The van der Waals surface area contributed by atoms with Crippen LogP contribution in [0.15, 0.2) is 65.6 Å². The molecule has 1 fully saturated rings. The molecule has 4 aromatic rings. The number of amides is 2. The fourth-order valence-corrected chi connectivity index (χ4v) is 6.15. The van der Waals surface area contributed by atoms with E-state index in [0.29, 0.717) is 54.2 Å². The number of rotatable bonds is 5. The van der Waals surface area contributed by atoms with E-state index < -0.39 is 11.4 Å². The Hall–Kier alpha value is -5.17. The van der Waals surface area contributed by atoms with Gasteiger partial charge in [-0.05, 0) is 79.8 Å². The minimum absolute atomic E-state index is 0.129. The van der Waals surface area contributed by atoms with Crippen LogP contribution in [0.25, 0.3) is 22.4 Å². The van der Waals surface area contributed by atoms with E-state index in [1.165, 1.54) is 29.9 Å². The van der Waals surface area contributed by atoms with Gasteiger partial charge >= 0.3 is 0 Å². The number of nitriles is 1. The molecule has 2 aromatic heterocycles. The van der Waals surface area contributed by atoms with E-state index in [9.17, 15) is 24.0 Å². The van der Waals surface area contributed by atoms with Gasteiger partial charge in [-0.15, -0.1) is 0 Å². The molecule has 0 saturated carbocycles. The van der Waals surface area contributed by atoms with Crippen molar-refractivity contribution in [1.29, 1.82) is 5.26 Å². The number of ether oxygens (including phenoxy) is 1. The van der Waals surface area contributed by atoms with Crippen LogP contribution < -0.4 is 15.6 Å². The molecule has 2 aromatic carbocycles. The second kappa shape index (κ2) is 10.6. The number of fused-ring (bicyclic) bond motifs is 3. The zero-order chi connectivity index (χ0) is 30.5. The van der Waals surface area contributed by atoms with Gasteiger partial charge in [-0.1, -0.05) is 12.1 Å². The number of likely N-dealkylation sites (tertiary alicyclic amines) is 1. The molecule has 0 radical (unpaired) electrons. The zero-order valence-corrected chi connectivity index (χ0v) is 24.1. The van der Waals surface area contributed by atoms with E-state index in [-0.39, 0.29) is 28.5 Å². The highest BCUT2D eigenvalue weighted by atomic mass is 19.1. The molecule has 2 aliphatic heterocycles. The van der Waals surface area contributed by atoms with Crippen LogP contribution >= 0.6 is 0 Å². The predicted molar refractivity (Wildman–Crippen MR) is 159 cm³/mol. The van der Waals surface area contributed by atoms with E-state index in [0.717, 1.165) is 17.5 Å². The minimum Gasteiger partial charge on any atom is -0.496 e. The molecule has 9 nitrogen and oxygen atoms in total. The highest BCUT2D eigenvalue weighted by Gasteiger charge is 2.42. The van der Waals surface area contributed by atoms with Gasteiger partial charge in [-0.25, -0.2) is 4.39 Å². The van der Waals surface area contributed by atoms with Crippen molar-refractivity contribution in [3.63, 3.8) is 0 Å². The van der Waals surface area contributed by atoms with Crippen LogP contribution in [0, 0.1) is 17.1 Å². The number of hydrogen-bond acceptors (Lipinski definition) is 5. The van der Waals surface area contributed by atoms with E-state index in [4.69, 9.17) is 4.74 Å². The second-order valence-corrected chi connectivity index (χ2v) is 11.1. The molecule has 218 valence electrons. The summed E-state index contributed by atoms with van der Waals surface area (Å²) in [6.07, 6.45) is 3.50. The number of carbonyl (C=O) groups is 2. The summed E-state index contributed by atoms with van der Waals surface area (Å²) in [4.78, 5) is 41.8. The number of aryl methyl sites for hydroxylation is 2. The van der Waals surface area contributed by atoms with Gasteiger partial charge in [0.05, 0.1) is 24.4 Å². The van der Waals surface area contributed by atoms with Gasteiger partial charge in [-0.2, -0.15) is 5.26 Å². The number of nitrogens with one attached hydrogen (secondary N) is 1. The molecule has 0 aliphatic carbocycles. The lowest BCUT2D eigenvalue weighted by Gasteiger charge is -2.30. The first-order valence-electron chi connectivity index (χ1n) is 14.1. The van der Waals surface area contributed by atoms with Crippen molar-refractivity contribution >= 4 is 17.5 Å². The number of nitrogens with zero attached hydrogens (tertiary/aromatic N) is 4. The fourth-order valence-electron chi connectivity index (χ4n) is 6.15. The number of pyridine rings is 1. The summed E-state index contributed by atoms with van der Waals surface area (Å²) in [7, 11) is 3.08. The summed E-state index contributed by atoms with van der Waals surface area (Å²) in [5, 5.41) is 12.6. The lowest BCUT2D eigenvalue weighted by Crippen LogP contribution is -2.44. The summed E-state index contributed by atoms with van der Waals surface area (Å²) in [5.74, 6) is -0.796. The van der Waals surface area contributed by atoms with Crippen LogP contribution in [0.5, 0.6) is 5.75 Å². The molecule has 4 heterocycles. The first-order valence-corrected chi connectivity index (χ1v) is 14.1. The number of anilines is 1. The average Bonchev–Trinajstić information content (AvgIpc) is 3.60. The largest absolute Gasteiger partial charge is 0.496 e. The number of hydrogen-bond donors (Lipinski definition) is 1. The number of methoxy groups -OCH3 is 1. The molecular formula is C33H30FN5O4. The van der Waals surface area contributed by atoms with Gasteiger partial charge in [0.15, 0.2) is 0 Å². The van der Waals surface area contributed by atoms with Crippen molar-refractivity contribution < 1.29 is 18.7 Å². The van der Waals surface area contributed by atoms with Gasteiger partial charge in [-0.3, -0.25) is 14.4 Å². The number of benzene rings is 2. The summed E-state index contributed by atoms with van der Waals surface area (Å²) in [6, 6.07) is 16.9. The second-order valence-electron chi connectivity index (χ2n) is 11.1. The Morgan fingerprint density at radius 2 is 1.86 bits per heavy atom. The Bertz CT molecular complexity index is 1880. The highest BCUT2D eigenvalue weighted by Crippen LogP contribution is 2.43. The number of halogens is 1. The van der Waals surface area contributed by atoms with Crippen molar-refractivity contribution in [3.8, 4) is 34.2 Å². The molecule has 2 amide bonds. The predicted octanol–water partition coefficient (Wildman–Crippen LogP) is 5.00. The minimum atomic E-state index is -0.905. The Balaban J connectivity index is 1.52. The smallest absolute Gasteiger partial charge is 0.274 e. The third-order valence-corrected chi connectivity index (χ3v) is 8.50. The summed E-state index contributed by atoms with van der Waals surface area (Å²) in [5.41, 5.74) is 3.28. The van der Waals surface area contributed by atoms with Crippen molar-refractivity contribution in [2.45, 2.75) is 38.3 Å². The fraction of sp³-hybridized carbons (Fsp3) is 0.273. The highest BCUT2D eigenvalue weighted by molar-refractivity contribution is 6.08. The topological polar surface area (TPSA) is 109 Å². The van der Waals surface area contributed by atoms with Crippen LogP contribution in [0.1, 0.15) is 46.2 Å². The van der Waals surface area contributed by atoms with Crippen LogP contribution in [0.2, 0.25) is 0 Å². The van der Waals surface area contributed by atoms with Crippen LogP contribution in [0.4, 0.5) is 10.1 Å². The lowest BCUT2D eigenvalue weighted by molar-refractivity contribution is 0.0681. The van der Waals surface area contributed by atoms with Crippen molar-refractivity contribution in [2.75, 3.05) is 19.0 Å². The molecule has 10 heteroatoms. The van der Waals surface area contributed by atoms with Crippen LogP contribution in [-0.2, 0) is 20.0 Å². The molecule has 43 heavy (non-hydrogen) atoms. The Kier molecular flexibility index (Phi) is 6.89. The summed E-state index contributed by atoms with van der Waals surface area (Å²) < 4.78 is 22.8. The molecule has 0 unspecified atom stereocenters. The van der Waals surface area contributed by atoms with Crippen molar-refractivity contribution in [3.05, 3.63) is 93.8 Å². The Labute approximate surface area is 247 Å². The van der Waals surface area contributed by atoms with Crippen molar-refractivity contribution in [1.82, 2.24) is 14.0 Å². The van der Waals surface area contributed by atoms with Gasteiger partial charge < -0.3 is 24.1 Å². The summed E-state index contributed by atoms with van der Waals surface area (Å²) in [6.45, 7) is 2.74. The monoisotopic (exact) mass is 579 g/mol. The van der Waals surface area contributed by atoms with Crippen LogP contribution in [-0.4, -0.2) is 45.0 Å². The van der Waals surface area contributed by atoms with Gasteiger partial charge in [0.25, 0.3) is 17.4 Å².